The lowest BCUT2D eigenvalue weighted by molar-refractivity contribution is -0.118. The molecule has 0 fully saturated rings. The van der Waals surface area contributed by atoms with Gasteiger partial charge in [0.1, 0.15) is 0 Å². The number of hydrogen-bond donors (Lipinski definition) is 0. The van der Waals surface area contributed by atoms with Crippen LogP contribution in [0.3, 0.4) is 0 Å². The molecule has 0 spiro atoms. The largest absolute Gasteiger partial charge is 0.441 e. The van der Waals surface area contributed by atoms with Crippen molar-refractivity contribution in [2.75, 3.05) is 4.90 Å². The van der Waals surface area contributed by atoms with Gasteiger partial charge in [-0.15, -0.1) is 5.10 Å². The minimum absolute atomic E-state index is 0.0700. The maximum Gasteiger partial charge on any atom is 0.441 e. The van der Waals surface area contributed by atoms with Crippen LogP contribution in [0, 0.1) is 12.0 Å². The first-order valence-corrected chi connectivity index (χ1v) is 7.75. The topological polar surface area (TPSA) is 68.3 Å². The first kappa shape index (κ1) is 16.1. The molecule has 6 heteroatoms. The Bertz CT molecular complexity index is 935. The van der Waals surface area contributed by atoms with Crippen LogP contribution in [-0.4, -0.2) is 15.7 Å². The molecule has 124 valence electrons. The lowest BCUT2D eigenvalue weighted by Gasteiger charge is -2.11. The number of carbonyl (C=O) groups excluding carboxylic acids is 1. The number of rotatable bonds is 1. The number of amides is 1. The van der Waals surface area contributed by atoms with Gasteiger partial charge < -0.3 is 4.42 Å². The zero-order valence-corrected chi connectivity index (χ0v) is 14.4. The van der Waals surface area contributed by atoms with E-state index in [4.69, 9.17) is 4.42 Å². The quantitative estimate of drug-likeness (QED) is 0.756. The van der Waals surface area contributed by atoms with E-state index >= 15 is 0 Å². The third kappa shape index (κ3) is 2.42. The van der Waals surface area contributed by atoms with Crippen LogP contribution in [-0.2, 0) is 10.2 Å². The molecule has 2 aromatic rings. The van der Waals surface area contributed by atoms with E-state index in [2.05, 4.69) is 17.1 Å². The van der Waals surface area contributed by atoms with E-state index < -0.39 is 5.76 Å². The summed E-state index contributed by atoms with van der Waals surface area (Å²) in [6, 6.07) is 8.16. The van der Waals surface area contributed by atoms with Crippen molar-refractivity contribution in [3.8, 4) is 17.7 Å². The summed E-state index contributed by atoms with van der Waals surface area (Å²) in [6.45, 7) is 9.29. The lowest BCUT2D eigenvalue weighted by atomic mass is 9.97. The molecule has 0 N–H and O–H groups in total. The highest BCUT2D eigenvalue weighted by molar-refractivity contribution is 6.07. The molecule has 0 bridgehead atoms. The van der Waals surface area contributed by atoms with Crippen LogP contribution in [0.5, 0.6) is 0 Å². The van der Waals surface area contributed by atoms with Gasteiger partial charge in [0.2, 0.25) is 11.8 Å². The van der Waals surface area contributed by atoms with E-state index in [-0.39, 0.29) is 17.2 Å². The molecule has 1 atom stereocenters. The summed E-state index contributed by atoms with van der Waals surface area (Å²) in [5, 5.41) is 4.28. The molecule has 0 radical (unpaired) electrons. The van der Waals surface area contributed by atoms with Gasteiger partial charge in [0.15, 0.2) is 0 Å². The molecule has 0 saturated carbocycles. The third-order valence-corrected chi connectivity index (χ3v) is 3.97. The van der Waals surface area contributed by atoms with Crippen molar-refractivity contribution in [1.82, 2.24) is 9.78 Å². The van der Waals surface area contributed by atoms with Crippen molar-refractivity contribution in [3.63, 3.8) is 0 Å². The number of carbonyl (C=O) groups is 1. The molecule has 0 saturated heterocycles. The Kier molecular flexibility index (Phi) is 3.60. The molecular formula is C18H19N3O3. The molecule has 3 rings (SSSR count). The van der Waals surface area contributed by atoms with E-state index in [0.717, 1.165) is 5.56 Å². The van der Waals surface area contributed by atoms with E-state index in [1.807, 2.05) is 33.8 Å². The molecule has 1 amide bonds. The van der Waals surface area contributed by atoms with E-state index in [9.17, 15) is 9.59 Å². The number of fused-ring (bicyclic) bond motifs is 1. The fraction of sp³-hybridized carbons (Fsp3) is 0.389. The first-order chi connectivity index (χ1) is 11.2. The molecule has 1 aliphatic rings. The second kappa shape index (κ2) is 5.38. The second-order valence-electron chi connectivity index (χ2n) is 6.84. The minimum atomic E-state index is -0.551. The zero-order valence-electron chi connectivity index (χ0n) is 14.4. The minimum Gasteiger partial charge on any atom is -0.391 e. The van der Waals surface area contributed by atoms with Gasteiger partial charge in [0.05, 0.1) is 17.3 Å². The maximum atomic E-state index is 12.3. The van der Waals surface area contributed by atoms with Gasteiger partial charge in [-0.2, -0.15) is 4.68 Å². The Labute approximate surface area is 140 Å². The van der Waals surface area contributed by atoms with Gasteiger partial charge in [-0.3, -0.25) is 4.79 Å². The predicted octanol–water partition coefficient (Wildman–Crippen LogP) is 2.55. The maximum absolute atomic E-state index is 12.3. The predicted molar refractivity (Wildman–Crippen MR) is 90.2 cm³/mol. The summed E-state index contributed by atoms with van der Waals surface area (Å²) in [4.78, 5) is 25.9. The Balaban J connectivity index is 2.13. The van der Waals surface area contributed by atoms with Crippen molar-refractivity contribution >= 4 is 11.6 Å². The molecule has 2 heterocycles. The standard InChI is InChI=1S/C18H19N3O3/c1-6-9-20-14-10-12(7-8-13(14)11(2)15(20)22)21-17(23)24-16(19-21)18(3,4)5/h7-8,10-11H,1-5H3. The summed E-state index contributed by atoms with van der Waals surface area (Å²) in [5.74, 6) is 2.24. The van der Waals surface area contributed by atoms with E-state index in [1.54, 1.807) is 19.1 Å². The number of nitrogens with zero attached hydrogens (tertiary/aromatic N) is 3. The Morgan fingerprint density at radius 1 is 1.25 bits per heavy atom. The molecule has 24 heavy (non-hydrogen) atoms. The summed E-state index contributed by atoms with van der Waals surface area (Å²) in [6.07, 6.45) is 0. The highest BCUT2D eigenvalue weighted by Gasteiger charge is 2.34. The summed E-state index contributed by atoms with van der Waals surface area (Å²) in [7, 11) is 0. The Morgan fingerprint density at radius 2 is 1.96 bits per heavy atom. The van der Waals surface area contributed by atoms with E-state index in [1.165, 1.54) is 9.58 Å². The van der Waals surface area contributed by atoms with Crippen molar-refractivity contribution in [3.05, 3.63) is 40.2 Å². The van der Waals surface area contributed by atoms with Crippen molar-refractivity contribution in [1.29, 1.82) is 0 Å². The first-order valence-electron chi connectivity index (χ1n) is 7.75. The van der Waals surface area contributed by atoms with Crippen LogP contribution in [0.1, 0.15) is 52.0 Å². The van der Waals surface area contributed by atoms with Crippen molar-refractivity contribution in [2.45, 2.75) is 46.0 Å². The summed E-state index contributed by atoms with van der Waals surface area (Å²) in [5.41, 5.74) is 1.75. The molecule has 1 unspecified atom stereocenters. The van der Waals surface area contributed by atoms with Crippen LogP contribution >= 0.6 is 0 Å². The highest BCUT2D eigenvalue weighted by atomic mass is 16.4. The van der Waals surface area contributed by atoms with Crippen molar-refractivity contribution in [2.24, 2.45) is 0 Å². The molecule has 6 nitrogen and oxygen atoms in total. The third-order valence-electron chi connectivity index (χ3n) is 3.97. The highest BCUT2D eigenvalue weighted by Crippen LogP contribution is 2.37. The van der Waals surface area contributed by atoms with Crippen LogP contribution in [0.25, 0.3) is 5.69 Å². The SMILES string of the molecule is CC#CN1C(=O)C(C)c2ccc(-n3nc(C(C)(C)C)oc3=O)cc21. The smallest absolute Gasteiger partial charge is 0.391 e. The van der Waals surface area contributed by atoms with E-state index in [0.29, 0.717) is 17.3 Å². The average molecular weight is 325 g/mol. The van der Waals surface area contributed by atoms with Gasteiger partial charge >= 0.3 is 5.76 Å². The Morgan fingerprint density at radius 3 is 2.54 bits per heavy atom. The van der Waals surface area contributed by atoms with Crippen LogP contribution in [0.4, 0.5) is 5.69 Å². The van der Waals surface area contributed by atoms with Crippen LogP contribution in [0.15, 0.2) is 27.4 Å². The van der Waals surface area contributed by atoms with Gasteiger partial charge in [0.25, 0.3) is 0 Å². The number of benzene rings is 1. The fourth-order valence-corrected chi connectivity index (χ4v) is 2.64. The average Bonchev–Trinajstić information content (AvgIpc) is 3.01. The number of anilines is 1. The number of aromatic nitrogens is 2. The van der Waals surface area contributed by atoms with Gasteiger partial charge in [-0.05, 0) is 31.5 Å². The molecule has 1 aliphatic heterocycles. The number of hydrogen-bond acceptors (Lipinski definition) is 4. The zero-order chi connectivity index (χ0) is 17.6. The van der Waals surface area contributed by atoms with Gasteiger partial charge in [-0.1, -0.05) is 32.8 Å². The second-order valence-corrected chi connectivity index (χ2v) is 6.84. The Hall–Kier alpha value is -2.81. The molecular weight excluding hydrogens is 306 g/mol. The molecule has 1 aromatic heterocycles. The monoisotopic (exact) mass is 325 g/mol. The van der Waals surface area contributed by atoms with Gasteiger partial charge in [0, 0.05) is 11.5 Å². The van der Waals surface area contributed by atoms with Crippen LogP contribution < -0.4 is 10.7 Å². The van der Waals surface area contributed by atoms with Crippen LogP contribution in [0.2, 0.25) is 0 Å². The summed E-state index contributed by atoms with van der Waals surface area (Å²) >= 11 is 0. The van der Waals surface area contributed by atoms with Gasteiger partial charge in [-0.25, -0.2) is 9.69 Å². The summed E-state index contributed by atoms with van der Waals surface area (Å²) < 4.78 is 6.47. The normalized spacial score (nSPS) is 16.8. The molecule has 1 aromatic carbocycles. The fourth-order valence-electron chi connectivity index (χ4n) is 2.64. The van der Waals surface area contributed by atoms with Crippen molar-refractivity contribution < 1.29 is 9.21 Å². The lowest BCUT2D eigenvalue weighted by Crippen LogP contribution is -2.22. The molecule has 0 aliphatic carbocycles.